The summed E-state index contributed by atoms with van der Waals surface area (Å²) in [4.78, 5) is 49.9. The van der Waals surface area contributed by atoms with Gasteiger partial charge in [-0.15, -0.1) is 0 Å². The Morgan fingerprint density at radius 1 is 0.676 bits per heavy atom. The van der Waals surface area contributed by atoms with Gasteiger partial charge in [0, 0.05) is 69.2 Å². The van der Waals surface area contributed by atoms with E-state index in [1.165, 1.54) is 19.8 Å². The Kier molecular flexibility index (Phi) is 16.4. The minimum Gasteiger partial charge on any atom is -0.507 e. The Morgan fingerprint density at radius 2 is 1.10 bits per heavy atom. The number of anilines is 2. The molecule has 4 heterocycles. The molecule has 17 nitrogen and oxygen atoms in total. The van der Waals surface area contributed by atoms with Crippen molar-refractivity contribution in [3.63, 3.8) is 0 Å². The van der Waals surface area contributed by atoms with Gasteiger partial charge < -0.3 is 61.5 Å². The molecular formula is C54H74N8O9. The monoisotopic (exact) mass is 979 g/mol. The molecule has 17 heteroatoms. The average molecular weight is 979 g/mol. The van der Waals surface area contributed by atoms with Crippen LogP contribution in [0.15, 0.2) is 48.5 Å². The lowest BCUT2D eigenvalue weighted by atomic mass is 9.86. The summed E-state index contributed by atoms with van der Waals surface area (Å²) >= 11 is 0. The van der Waals surface area contributed by atoms with Crippen molar-refractivity contribution in [1.29, 1.82) is 0 Å². The normalized spacial score (nSPS) is 18.2. The van der Waals surface area contributed by atoms with Gasteiger partial charge in [0.2, 0.25) is 5.91 Å². The number of likely N-dealkylation sites (tertiary alicyclic amines) is 2. The number of piperidine rings is 2. The second-order valence-corrected chi connectivity index (χ2v) is 21.4. The molecule has 71 heavy (non-hydrogen) atoms. The molecule has 0 radical (unpaired) electrons. The Balaban J connectivity index is 0.000000209. The van der Waals surface area contributed by atoms with E-state index in [9.17, 15) is 24.6 Å². The van der Waals surface area contributed by atoms with Gasteiger partial charge in [-0.2, -0.15) is 0 Å². The van der Waals surface area contributed by atoms with Crippen LogP contribution in [0.4, 0.5) is 21.2 Å². The van der Waals surface area contributed by atoms with Crippen molar-refractivity contribution in [2.24, 2.45) is 17.6 Å². The molecule has 4 aliphatic rings. The smallest absolute Gasteiger partial charge is 0.410 e. The maximum atomic E-state index is 12.8. The number of phenolic OH excluding ortho intramolecular Hbond substituents is 2. The highest BCUT2D eigenvalue weighted by Crippen LogP contribution is 2.44. The third-order valence-corrected chi connectivity index (χ3v) is 13.0. The fraction of sp³-hybridized carbons (Fsp3) is 0.537. The maximum Gasteiger partial charge on any atom is 0.410 e. The number of nitrogens with one attached hydrogen (secondary N) is 1. The number of nitrogens with zero attached hydrogens (tertiary/aromatic N) is 4. The number of rotatable bonds is 13. The maximum absolute atomic E-state index is 12.8. The molecular weight excluding hydrogens is 905 g/mol. The molecule has 3 amide bonds. The third-order valence-electron chi connectivity index (χ3n) is 13.0. The first-order valence-corrected chi connectivity index (χ1v) is 25.1. The lowest BCUT2D eigenvalue weighted by molar-refractivity contribution is -0.119. The molecule has 2 aliphatic heterocycles. The highest BCUT2D eigenvalue weighted by molar-refractivity contribution is 5.78. The minimum absolute atomic E-state index is 0.0329. The van der Waals surface area contributed by atoms with Gasteiger partial charge in [-0.1, -0.05) is 12.1 Å². The Bertz CT molecular complexity index is 2550. The summed E-state index contributed by atoms with van der Waals surface area (Å²) in [6.45, 7) is 16.5. The second-order valence-electron chi connectivity index (χ2n) is 21.4. The number of carbonyl (C=O) groups is 3. The van der Waals surface area contributed by atoms with E-state index in [0.717, 1.165) is 55.2 Å². The van der Waals surface area contributed by atoms with Gasteiger partial charge >= 0.3 is 12.2 Å². The molecule has 0 bridgehead atoms. The molecule has 2 atom stereocenters. The van der Waals surface area contributed by atoms with Crippen LogP contribution < -0.4 is 32.0 Å². The van der Waals surface area contributed by atoms with E-state index in [1.807, 2.05) is 65.8 Å². The number of nitrogens with two attached hydrogens (primary N) is 3. The predicted molar refractivity (Wildman–Crippen MR) is 273 cm³/mol. The summed E-state index contributed by atoms with van der Waals surface area (Å²) in [5.74, 6) is 2.82. The Hall–Kier alpha value is -6.49. The SMILES string of the molecule is CC(=O)NCc1c(C2CCCN(C(=O)OC(C)(C)C)C2)cc(-c2c(O)cccc2OCC2CC2)nc1N.CC(C)(C)OC(=O)N1CCCC(c2cc(-c3c(O)cccc3OCC3CC3)nc(N)c2CN)C1. The zero-order valence-corrected chi connectivity index (χ0v) is 42.5. The molecule has 2 aromatic carbocycles. The van der Waals surface area contributed by atoms with Gasteiger partial charge in [-0.25, -0.2) is 19.6 Å². The van der Waals surface area contributed by atoms with Gasteiger partial charge in [-0.05, 0) is 152 Å². The number of hydrogen-bond acceptors (Lipinski definition) is 14. The second kappa shape index (κ2) is 22.3. The molecule has 2 aliphatic carbocycles. The molecule has 0 spiro atoms. The quantitative estimate of drug-likeness (QED) is 0.0732. The number of aromatic nitrogens is 2. The Morgan fingerprint density at radius 3 is 1.49 bits per heavy atom. The van der Waals surface area contributed by atoms with Gasteiger partial charge in [0.15, 0.2) is 0 Å². The van der Waals surface area contributed by atoms with Crippen LogP contribution >= 0.6 is 0 Å². The van der Waals surface area contributed by atoms with Crippen molar-refractivity contribution >= 4 is 29.7 Å². The molecule has 2 unspecified atom stereocenters. The predicted octanol–water partition coefficient (Wildman–Crippen LogP) is 8.97. The molecule has 2 saturated heterocycles. The van der Waals surface area contributed by atoms with E-state index in [1.54, 1.807) is 34.1 Å². The third kappa shape index (κ3) is 14.1. The summed E-state index contributed by atoms with van der Waals surface area (Å²) in [6.07, 6.45) is 7.35. The number of benzene rings is 2. The van der Waals surface area contributed by atoms with Crippen molar-refractivity contribution in [1.82, 2.24) is 25.1 Å². The topological polar surface area (TPSA) is 251 Å². The van der Waals surface area contributed by atoms with E-state index in [0.29, 0.717) is 96.6 Å². The van der Waals surface area contributed by atoms with Gasteiger partial charge in [0.1, 0.15) is 45.8 Å². The van der Waals surface area contributed by atoms with Crippen LogP contribution in [0.1, 0.15) is 134 Å². The number of ether oxygens (including phenoxy) is 4. The van der Waals surface area contributed by atoms with Crippen molar-refractivity contribution in [3.8, 4) is 45.5 Å². The number of phenols is 2. The first kappa shape index (κ1) is 52.3. The zero-order chi connectivity index (χ0) is 51.2. The summed E-state index contributed by atoms with van der Waals surface area (Å²) in [5, 5.41) is 24.3. The van der Waals surface area contributed by atoms with E-state index in [4.69, 9.17) is 36.1 Å². The van der Waals surface area contributed by atoms with Crippen LogP contribution in [0.3, 0.4) is 0 Å². The molecule has 384 valence electrons. The molecule has 9 N–H and O–H groups in total. The lowest BCUT2D eigenvalue weighted by Gasteiger charge is -2.35. The molecule has 2 saturated carbocycles. The highest BCUT2D eigenvalue weighted by atomic mass is 16.6. The number of hydrogen-bond donors (Lipinski definition) is 6. The van der Waals surface area contributed by atoms with Crippen LogP contribution in [0.25, 0.3) is 22.5 Å². The van der Waals surface area contributed by atoms with Crippen LogP contribution in [-0.4, -0.2) is 98.7 Å². The number of nitrogen functional groups attached to an aromatic ring is 2. The van der Waals surface area contributed by atoms with E-state index in [-0.39, 0.29) is 60.3 Å². The summed E-state index contributed by atoms with van der Waals surface area (Å²) < 4.78 is 23.3. The number of amides is 3. The van der Waals surface area contributed by atoms with Crippen molar-refractivity contribution in [2.75, 3.05) is 50.9 Å². The van der Waals surface area contributed by atoms with E-state index < -0.39 is 11.2 Å². The van der Waals surface area contributed by atoms with Crippen molar-refractivity contribution < 1.29 is 43.5 Å². The first-order chi connectivity index (χ1) is 33.7. The molecule has 4 fully saturated rings. The Labute approximate surface area is 417 Å². The van der Waals surface area contributed by atoms with Gasteiger partial charge in [0.25, 0.3) is 0 Å². The van der Waals surface area contributed by atoms with Gasteiger partial charge in [0.05, 0.1) is 35.7 Å². The number of aromatic hydroxyl groups is 2. The zero-order valence-electron chi connectivity index (χ0n) is 42.5. The molecule has 4 aromatic rings. The first-order valence-electron chi connectivity index (χ1n) is 25.1. The van der Waals surface area contributed by atoms with E-state index in [2.05, 4.69) is 15.3 Å². The van der Waals surface area contributed by atoms with Gasteiger partial charge in [-0.3, -0.25) is 4.79 Å². The number of carbonyl (C=O) groups excluding carboxylic acids is 3. The minimum atomic E-state index is -0.587. The number of pyridine rings is 2. The highest BCUT2D eigenvalue weighted by Gasteiger charge is 2.33. The average Bonchev–Trinajstić information content (AvgIpc) is 4.26. The van der Waals surface area contributed by atoms with Crippen LogP contribution in [0.5, 0.6) is 23.0 Å². The molecule has 2 aromatic heterocycles. The standard InChI is InChI=1S/C28H38N4O5.C26H36N4O4/c1-17(33)30-14-21-20(19-7-6-12-32(15-19)27(35)37-28(2,3)4)13-22(31-26(21)29)25-23(34)8-5-9-24(25)36-16-18-10-11-18;1-26(2,3)34-25(32)30-11-5-6-17(14-30)18-12-20(29-24(28)19(18)13-27)23-21(31)7-4-8-22(23)33-15-16-9-10-16/h5,8-9,13,18-19,34H,6-7,10-12,14-16H2,1-4H3,(H2,29,31)(H,30,33);4,7-8,12,16-17,31H,5-6,9-11,13-15,27H2,1-3H3,(H2,28,29). The fourth-order valence-corrected chi connectivity index (χ4v) is 9.06. The summed E-state index contributed by atoms with van der Waals surface area (Å²) in [6, 6.07) is 14.3. The summed E-state index contributed by atoms with van der Waals surface area (Å²) in [5.41, 5.74) is 23.2. The van der Waals surface area contributed by atoms with Crippen molar-refractivity contribution in [2.45, 2.75) is 136 Å². The summed E-state index contributed by atoms with van der Waals surface area (Å²) in [7, 11) is 0. The van der Waals surface area contributed by atoms with E-state index >= 15 is 0 Å². The lowest BCUT2D eigenvalue weighted by Crippen LogP contribution is -2.42. The fourth-order valence-electron chi connectivity index (χ4n) is 9.06. The molecule has 8 rings (SSSR count). The van der Waals surface area contributed by atoms with Crippen molar-refractivity contribution in [3.05, 3.63) is 70.8 Å². The van der Waals surface area contributed by atoms with Crippen LogP contribution in [0.2, 0.25) is 0 Å². The van der Waals surface area contributed by atoms with Crippen LogP contribution in [0, 0.1) is 11.8 Å². The van der Waals surface area contributed by atoms with Crippen LogP contribution in [-0.2, 0) is 27.4 Å². The largest absolute Gasteiger partial charge is 0.507 e.